The van der Waals surface area contributed by atoms with Crippen molar-refractivity contribution in [1.82, 2.24) is 0 Å². The molecule has 0 fully saturated rings. The molecule has 0 atom stereocenters. The normalized spacial score (nSPS) is 11.1. The quantitative estimate of drug-likeness (QED) is 0.753. The van der Waals surface area contributed by atoms with Crippen LogP contribution in [0.4, 0.5) is 0 Å². The number of fused-ring (bicyclic) bond motifs is 1. The third kappa shape index (κ3) is 2.23. The number of furan rings is 1. The summed E-state index contributed by atoms with van der Waals surface area (Å²) in [4.78, 5) is 0. The molecule has 0 unspecified atom stereocenters. The molecule has 2 N–H and O–H groups in total. The van der Waals surface area contributed by atoms with Crippen molar-refractivity contribution >= 4 is 11.0 Å². The molecule has 0 radical (unpaired) electrons. The number of benzene rings is 2. The first-order valence-corrected chi connectivity index (χ1v) is 7.13. The van der Waals surface area contributed by atoms with Gasteiger partial charge in [0.2, 0.25) is 0 Å². The summed E-state index contributed by atoms with van der Waals surface area (Å²) in [5.41, 5.74) is 10.4. The first-order valence-electron chi connectivity index (χ1n) is 7.13. The van der Waals surface area contributed by atoms with Crippen LogP contribution in [0.1, 0.15) is 24.7 Å². The summed E-state index contributed by atoms with van der Waals surface area (Å²) in [5, 5.41) is 1.17. The van der Waals surface area contributed by atoms with Gasteiger partial charge in [0.05, 0.1) is 6.54 Å². The Morgan fingerprint density at radius 3 is 2.55 bits per heavy atom. The number of nitrogens with two attached hydrogens (primary N) is 1. The van der Waals surface area contributed by atoms with E-state index < -0.39 is 0 Å². The molecule has 0 aliphatic carbocycles. The SMILES string of the molecule is CCCc1ccc2oc(CN)c(-c3ccccc3)c2c1. The highest BCUT2D eigenvalue weighted by atomic mass is 16.3. The molecule has 0 saturated heterocycles. The number of aryl methyl sites for hydroxylation is 1. The molecule has 0 aliphatic rings. The highest BCUT2D eigenvalue weighted by Gasteiger charge is 2.14. The Labute approximate surface area is 119 Å². The van der Waals surface area contributed by atoms with Crippen molar-refractivity contribution in [2.24, 2.45) is 5.73 Å². The summed E-state index contributed by atoms with van der Waals surface area (Å²) in [7, 11) is 0. The minimum absolute atomic E-state index is 0.419. The summed E-state index contributed by atoms with van der Waals surface area (Å²) >= 11 is 0. The van der Waals surface area contributed by atoms with Crippen LogP contribution in [0.2, 0.25) is 0 Å². The monoisotopic (exact) mass is 265 g/mol. The van der Waals surface area contributed by atoms with Gasteiger partial charge in [-0.2, -0.15) is 0 Å². The van der Waals surface area contributed by atoms with Gasteiger partial charge in [-0.05, 0) is 29.7 Å². The van der Waals surface area contributed by atoms with Gasteiger partial charge in [-0.25, -0.2) is 0 Å². The van der Waals surface area contributed by atoms with Crippen LogP contribution in [0, 0.1) is 0 Å². The van der Waals surface area contributed by atoms with Gasteiger partial charge in [-0.15, -0.1) is 0 Å². The molecule has 2 nitrogen and oxygen atoms in total. The van der Waals surface area contributed by atoms with Crippen molar-refractivity contribution in [3.8, 4) is 11.1 Å². The van der Waals surface area contributed by atoms with Gasteiger partial charge in [0, 0.05) is 10.9 Å². The number of hydrogen-bond donors (Lipinski definition) is 1. The van der Waals surface area contributed by atoms with Crippen molar-refractivity contribution in [3.63, 3.8) is 0 Å². The molecule has 0 saturated carbocycles. The zero-order valence-corrected chi connectivity index (χ0v) is 11.7. The van der Waals surface area contributed by atoms with Crippen LogP contribution in [-0.4, -0.2) is 0 Å². The van der Waals surface area contributed by atoms with Crippen LogP contribution in [0.15, 0.2) is 52.9 Å². The summed E-state index contributed by atoms with van der Waals surface area (Å²) in [6, 6.07) is 16.8. The first kappa shape index (κ1) is 12.9. The number of rotatable bonds is 4. The van der Waals surface area contributed by atoms with Gasteiger partial charge in [-0.3, -0.25) is 0 Å². The average Bonchev–Trinajstić information content (AvgIpc) is 2.86. The molecule has 3 aromatic rings. The Bertz CT molecular complexity index is 713. The highest BCUT2D eigenvalue weighted by Crippen LogP contribution is 2.35. The van der Waals surface area contributed by atoms with Crippen molar-refractivity contribution in [3.05, 3.63) is 59.9 Å². The largest absolute Gasteiger partial charge is 0.459 e. The molecule has 20 heavy (non-hydrogen) atoms. The molecule has 2 aromatic carbocycles. The van der Waals surface area contributed by atoms with E-state index >= 15 is 0 Å². The maximum absolute atomic E-state index is 5.91. The summed E-state index contributed by atoms with van der Waals surface area (Å²) < 4.78 is 5.91. The molecule has 0 bridgehead atoms. The average molecular weight is 265 g/mol. The molecule has 1 aromatic heterocycles. The van der Waals surface area contributed by atoms with Gasteiger partial charge >= 0.3 is 0 Å². The number of hydrogen-bond acceptors (Lipinski definition) is 2. The Hall–Kier alpha value is -2.06. The Morgan fingerprint density at radius 1 is 1.05 bits per heavy atom. The lowest BCUT2D eigenvalue weighted by atomic mass is 9.99. The fourth-order valence-corrected chi connectivity index (χ4v) is 2.70. The smallest absolute Gasteiger partial charge is 0.135 e. The van der Waals surface area contributed by atoms with Crippen LogP contribution in [-0.2, 0) is 13.0 Å². The predicted octanol–water partition coefficient (Wildman–Crippen LogP) is 4.51. The second kappa shape index (κ2) is 5.51. The standard InChI is InChI=1S/C18H19NO/c1-2-6-13-9-10-16-15(11-13)18(17(12-19)20-16)14-7-4-3-5-8-14/h3-5,7-11H,2,6,12,19H2,1H3. The lowest BCUT2D eigenvalue weighted by molar-refractivity contribution is 0.554. The lowest BCUT2D eigenvalue weighted by Gasteiger charge is -2.03. The van der Waals surface area contributed by atoms with E-state index in [1.54, 1.807) is 0 Å². The third-order valence-electron chi connectivity index (χ3n) is 3.61. The van der Waals surface area contributed by atoms with E-state index in [0.29, 0.717) is 6.54 Å². The van der Waals surface area contributed by atoms with E-state index in [9.17, 15) is 0 Å². The fraction of sp³-hybridized carbons (Fsp3) is 0.222. The molecule has 1 heterocycles. The van der Waals surface area contributed by atoms with Crippen LogP contribution in [0.5, 0.6) is 0 Å². The molecule has 0 spiro atoms. The van der Waals surface area contributed by atoms with Gasteiger partial charge in [0.1, 0.15) is 11.3 Å². The van der Waals surface area contributed by atoms with Crippen molar-refractivity contribution in [2.75, 3.05) is 0 Å². The van der Waals surface area contributed by atoms with Gasteiger partial charge in [0.25, 0.3) is 0 Å². The zero-order valence-electron chi connectivity index (χ0n) is 11.7. The van der Waals surface area contributed by atoms with E-state index in [4.69, 9.17) is 10.2 Å². The molecule has 0 amide bonds. The Kier molecular flexibility index (Phi) is 3.57. The van der Waals surface area contributed by atoms with Crippen LogP contribution in [0.3, 0.4) is 0 Å². The fourth-order valence-electron chi connectivity index (χ4n) is 2.70. The van der Waals surface area contributed by atoms with E-state index in [-0.39, 0.29) is 0 Å². The summed E-state index contributed by atoms with van der Waals surface area (Å²) in [5.74, 6) is 0.861. The summed E-state index contributed by atoms with van der Waals surface area (Å²) in [6.07, 6.45) is 2.24. The molecule has 2 heteroatoms. The van der Waals surface area contributed by atoms with E-state index in [1.807, 2.05) is 18.2 Å². The van der Waals surface area contributed by atoms with Gasteiger partial charge < -0.3 is 10.2 Å². The zero-order chi connectivity index (χ0) is 13.9. The molecular formula is C18H19NO. The maximum Gasteiger partial charge on any atom is 0.135 e. The molecular weight excluding hydrogens is 246 g/mol. The Morgan fingerprint density at radius 2 is 1.85 bits per heavy atom. The topological polar surface area (TPSA) is 39.2 Å². The second-order valence-electron chi connectivity index (χ2n) is 5.05. The summed E-state index contributed by atoms with van der Waals surface area (Å²) in [6.45, 7) is 2.62. The minimum atomic E-state index is 0.419. The van der Waals surface area contributed by atoms with E-state index in [0.717, 1.165) is 29.7 Å². The minimum Gasteiger partial charge on any atom is -0.459 e. The molecule has 3 rings (SSSR count). The van der Waals surface area contributed by atoms with Crippen molar-refractivity contribution in [2.45, 2.75) is 26.3 Å². The van der Waals surface area contributed by atoms with Crippen molar-refractivity contribution < 1.29 is 4.42 Å². The molecule has 102 valence electrons. The third-order valence-corrected chi connectivity index (χ3v) is 3.61. The van der Waals surface area contributed by atoms with Crippen LogP contribution >= 0.6 is 0 Å². The van der Waals surface area contributed by atoms with E-state index in [2.05, 4.69) is 37.3 Å². The van der Waals surface area contributed by atoms with Gasteiger partial charge in [0.15, 0.2) is 0 Å². The van der Waals surface area contributed by atoms with Gasteiger partial charge in [-0.1, -0.05) is 49.7 Å². The predicted molar refractivity (Wildman–Crippen MR) is 83.5 cm³/mol. The Balaban J connectivity index is 2.24. The lowest BCUT2D eigenvalue weighted by Crippen LogP contribution is -1.95. The maximum atomic E-state index is 5.91. The molecule has 0 aliphatic heterocycles. The second-order valence-corrected chi connectivity index (χ2v) is 5.05. The van der Waals surface area contributed by atoms with E-state index in [1.165, 1.54) is 16.5 Å². The first-order chi connectivity index (χ1) is 9.83. The highest BCUT2D eigenvalue weighted by molar-refractivity contribution is 5.96. The van der Waals surface area contributed by atoms with Crippen LogP contribution < -0.4 is 5.73 Å². The van der Waals surface area contributed by atoms with Crippen molar-refractivity contribution in [1.29, 1.82) is 0 Å². The van der Waals surface area contributed by atoms with Crippen LogP contribution in [0.25, 0.3) is 22.1 Å².